The molecule has 1 aliphatic carbocycles. The minimum atomic E-state index is -0.828. The summed E-state index contributed by atoms with van der Waals surface area (Å²) < 4.78 is 8.08. The molecule has 0 spiro atoms. The molecule has 6 aromatic rings. The second-order valence-corrected chi connectivity index (χ2v) is 22.5. The van der Waals surface area contributed by atoms with E-state index in [0.29, 0.717) is 21.9 Å². The first-order valence-corrected chi connectivity index (χ1v) is 26.2. The molecule has 1 saturated carbocycles. The predicted octanol–water partition coefficient (Wildman–Crippen LogP) is 9.24. The Kier molecular flexibility index (Phi) is 14.4. The number of aliphatic hydroxyl groups is 1. The number of halogens is 1. The lowest BCUT2D eigenvalue weighted by Crippen LogP contribution is -2.74. The van der Waals surface area contributed by atoms with Crippen molar-refractivity contribution in [1.29, 1.82) is 5.26 Å². The van der Waals surface area contributed by atoms with Crippen molar-refractivity contribution in [2.24, 2.45) is 16.7 Å². The number of rotatable bonds is 15. The number of benzene rings is 3. The highest BCUT2D eigenvalue weighted by Gasteiger charge is 2.64. The van der Waals surface area contributed by atoms with Crippen LogP contribution in [0.4, 0.5) is 11.5 Å². The Morgan fingerprint density at radius 3 is 2.34 bits per heavy atom. The molecule has 3 amide bonds. The summed E-state index contributed by atoms with van der Waals surface area (Å²) in [4.78, 5) is 55.9. The number of carbonyl (C=O) groups excluding carboxylic acids is 3. The zero-order chi connectivity index (χ0) is 51.9. The molecule has 3 aromatic carbocycles. The Labute approximate surface area is 435 Å². The third-order valence-electron chi connectivity index (χ3n) is 15.0. The minimum Gasteiger partial charge on any atom is -0.489 e. The van der Waals surface area contributed by atoms with Gasteiger partial charge in [-0.2, -0.15) is 10.4 Å². The number of likely N-dealkylation sites (tertiary alicyclic amines) is 1. The maximum Gasteiger partial charge on any atom is 0.251 e. The number of thiazole rings is 1. The number of pyridine rings is 1. The van der Waals surface area contributed by atoms with Crippen LogP contribution >= 0.6 is 22.9 Å². The smallest absolute Gasteiger partial charge is 0.251 e. The van der Waals surface area contributed by atoms with Crippen LogP contribution in [0.15, 0.2) is 103 Å². The molecule has 3 fully saturated rings. The molecule has 17 heteroatoms. The number of amides is 3. The Balaban J connectivity index is 0.789. The van der Waals surface area contributed by atoms with Gasteiger partial charge in [0, 0.05) is 84.2 Å². The largest absolute Gasteiger partial charge is 0.489 e. The number of nitrogens with one attached hydrogen (secondary N) is 3. The summed E-state index contributed by atoms with van der Waals surface area (Å²) in [6, 6.07) is 24.9. The van der Waals surface area contributed by atoms with Gasteiger partial charge >= 0.3 is 0 Å². The predicted molar refractivity (Wildman–Crippen MR) is 284 cm³/mol. The van der Waals surface area contributed by atoms with Gasteiger partial charge in [0.05, 0.1) is 45.0 Å². The molecule has 0 bridgehead atoms. The fraction of sp³-hybridized carbons (Fsp3) is 0.411. The van der Waals surface area contributed by atoms with Crippen LogP contribution in [0.3, 0.4) is 0 Å². The van der Waals surface area contributed by atoms with Gasteiger partial charge in [-0.3, -0.25) is 19.1 Å². The van der Waals surface area contributed by atoms with Crippen LogP contribution in [0, 0.1) is 35.0 Å². The lowest BCUT2D eigenvalue weighted by atomic mass is 9.49. The molecule has 4 N–H and O–H groups in total. The molecule has 0 radical (unpaired) electrons. The van der Waals surface area contributed by atoms with Crippen LogP contribution in [-0.4, -0.2) is 97.4 Å². The van der Waals surface area contributed by atoms with Gasteiger partial charge in [-0.15, -0.1) is 11.3 Å². The number of aryl methyl sites for hydroxylation is 1. The third-order valence-corrected chi connectivity index (χ3v) is 16.2. The van der Waals surface area contributed by atoms with Gasteiger partial charge in [-0.1, -0.05) is 77.4 Å². The van der Waals surface area contributed by atoms with E-state index in [1.165, 1.54) is 4.90 Å². The molecule has 3 aliphatic rings. The molecule has 5 atom stereocenters. The van der Waals surface area contributed by atoms with Gasteiger partial charge in [0.1, 0.15) is 35.8 Å². The summed E-state index contributed by atoms with van der Waals surface area (Å²) in [5, 5.41) is 35.1. The zero-order valence-corrected chi connectivity index (χ0v) is 44.0. The fourth-order valence-corrected chi connectivity index (χ4v) is 12.4. The Morgan fingerprint density at radius 2 is 1.67 bits per heavy atom. The molecule has 5 heterocycles. The van der Waals surface area contributed by atoms with Gasteiger partial charge in [0.15, 0.2) is 0 Å². The number of nitriles is 1. The molecule has 3 aromatic heterocycles. The maximum absolute atomic E-state index is 14.5. The quantitative estimate of drug-likeness (QED) is 0.0767. The van der Waals surface area contributed by atoms with Crippen LogP contribution < -0.4 is 25.6 Å². The molecule has 2 aliphatic heterocycles. The Bertz CT molecular complexity index is 3020. The number of aliphatic hydroxyl groups excluding tert-OH is 1. The second-order valence-electron chi connectivity index (χ2n) is 21.3. The van der Waals surface area contributed by atoms with Crippen molar-refractivity contribution in [2.45, 2.75) is 111 Å². The Morgan fingerprint density at radius 1 is 0.932 bits per heavy atom. The lowest BCUT2D eigenvalue weighted by molar-refractivity contribution is -0.164. The average Bonchev–Trinajstić information content (AvgIpc) is 4.21. The van der Waals surface area contributed by atoms with Gasteiger partial charge < -0.3 is 35.6 Å². The van der Waals surface area contributed by atoms with Crippen molar-refractivity contribution < 1.29 is 24.2 Å². The SMILES string of the molecule is Cc1ncsc1-c1ccc([C@H](C)NC(=O)[C@@H]2C[C@@H](O)CN2C(=O)[C@H](C(C)C)n2cc(-c3ccnc(N4CC[C@@H](Nc5ccc(C(=O)N[C@H]6C(C)(C)[C@H](Oc7ccc(C#N)c(Cl)c7)C6(C)C)cc5)C4)c3)cn2)cc1. The van der Waals surface area contributed by atoms with E-state index in [-0.39, 0.29) is 71.7 Å². The van der Waals surface area contributed by atoms with Crippen LogP contribution in [0.2, 0.25) is 5.02 Å². The van der Waals surface area contributed by atoms with E-state index in [0.717, 1.165) is 63.8 Å². The van der Waals surface area contributed by atoms with Crippen molar-refractivity contribution in [3.8, 4) is 33.4 Å². The molecule has 15 nitrogen and oxygen atoms in total. The van der Waals surface area contributed by atoms with E-state index in [1.54, 1.807) is 46.6 Å². The van der Waals surface area contributed by atoms with Crippen molar-refractivity contribution in [2.75, 3.05) is 29.9 Å². The topological polar surface area (TPSA) is 191 Å². The molecule has 0 unspecified atom stereocenters. The highest BCUT2D eigenvalue weighted by Crippen LogP contribution is 2.55. The molecule has 73 heavy (non-hydrogen) atoms. The number of hydrogen-bond donors (Lipinski definition) is 4. The number of nitrogens with zero attached hydrogens (tertiary/aromatic N) is 7. The number of carbonyl (C=O) groups is 3. The number of anilines is 2. The average molecular weight is 1020 g/mol. The van der Waals surface area contributed by atoms with Gasteiger partial charge in [-0.25, -0.2) is 9.97 Å². The normalized spacial score (nSPS) is 21.8. The molecular weight excluding hydrogens is 960 g/mol. The van der Waals surface area contributed by atoms with E-state index < -0.39 is 18.2 Å². The van der Waals surface area contributed by atoms with E-state index in [4.69, 9.17) is 26.4 Å². The van der Waals surface area contributed by atoms with E-state index >= 15 is 0 Å². The lowest BCUT2D eigenvalue weighted by Gasteiger charge is -2.63. The van der Waals surface area contributed by atoms with Crippen LogP contribution in [0.1, 0.15) is 101 Å². The summed E-state index contributed by atoms with van der Waals surface area (Å²) in [5.74, 6) is 0.519. The first-order valence-electron chi connectivity index (χ1n) is 24.9. The standard InChI is InChI=1S/C56H63ClN10O5S/c1-32(2)48(52(71)66-30-43(68)24-46(66)51(70)62-33(3)35-9-11-36(12-10-35)49-34(4)60-31-73-49)67-28-40(27-61-67)38-19-21-59-47(23-38)65-22-20-42(29-65)63-41-16-13-37(14-17-41)50(69)64-53-55(5,6)54(56(53,7)8)72-44-18-15-39(26-58)45(57)25-44/h9-19,21,23,25,27-28,31-33,42-43,46,48,53-54,63,68H,20,22,24,29-30H2,1-8H3,(H,62,70)(H,64,69)/t33-,42+,43+,46-,48-,53-,54-/m0/s1. The highest BCUT2D eigenvalue weighted by atomic mass is 35.5. The van der Waals surface area contributed by atoms with E-state index in [1.807, 2.05) is 100 Å². The zero-order valence-electron chi connectivity index (χ0n) is 42.5. The molecule has 380 valence electrons. The summed E-state index contributed by atoms with van der Waals surface area (Å²) in [6.07, 6.45) is 5.41. The van der Waals surface area contributed by atoms with E-state index in [9.17, 15) is 24.8 Å². The second kappa shape index (κ2) is 20.6. The van der Waals surface area contributed by atoms with E-state index in [2.05, 4.69) is 59.6 Å². The number of hydrogen-bond acceptors (Lipinski definition) is 12. The summed E-state index contributed by atoms with van der Waals surface area (Å²) >= 11 is 7.87. The van der Waals surface area contributed by atoms with Crippen LogP contribution in [0.5, 0.6) is 5.75 Å². The summed E-state index contributed by atoms with van der Waals surface area (Å²) in [7, 11) is 0. The monoisotopic (exact) mass is 1020 g/mol. The van der Waals surface area contributed by atoms with Gasteiger partial charge in [0.25, 0.3) is 5.91 Å². The van der Waals surface area contributed by atoms with Crippen molar-refractivity contribution in [3.63, 3.8) is 0 Å². The first kappa shape index (κ1) is 51.1. The minimum absolute atomic E-state index is 0.0589. The van der Waals surface area contributed by atoms with Gasteiger partial charge in [-0.05, 0) is 91.4 Å². The summed E-state index contributed by atoms with van der Waals surface area (Å²) in [6.45, 7) is 17.7. The number of ether oxygens (including phenoxy) is 1. The third kappa shape index (κ3) is 10.4. The summed E-state index contributed by atoms with van der Waals surface area (Å²) in [5.41, 5.74) is 7.64. The Hall–Kier alpha value is -6.80. The van der Waals surface area contributed by atoms with Crippen molar-refractivity contribution >= 4 is 52.2 Å². The molecule has 9 rings (SSSR count). The van der Waals surface area contributed by atoms with Gasteiger partial charge in [0.2, 0.25) is 11.8 Å². The maximum atomic E-state index is 14.5. The van der Waals surface area contributed by atoms with Crippen LogP contribution in [0.25, 0.3) is 21.6 Å². The van der Waals surface area contributed by atoms with Crippen LogP contribution in [-0.2, 0) is 9.59 Å². The highest BCUT2D eigenvalue weighted by molar-refractivity contribution is 7.13. The number of aromatic nitrogens is 4. The van der Waals surface area contributed by atoms with Crippen molar-refractivity contribution in [1.82, 2.24) is 35.3 Å². The fourth-order valence-electron chi connectivity index (χ4n) is 11.3. The first-order chi connectivity index (χ1) is 34.8. The van der Waals surface area contributed by atoms with Crippen molar-refractivity contribution in [3.05, 3.63) is 130 Å². The molecule has 2 saturated heterocycles. The molecular formula is C56H63ClN10O5S. The number of β-amino-alcohol motifs (C(OH)–C–C–N with tert-alkyl or cyclic N) is 1.